The number of fused-ring (bicyclic) bond motifs is 4. The van der Waals surface area contributed by atoms with Crippen LogP contribution in [0.15, 0.2) is 60.5 Å². The van der Waals surface area contributed by atoms with E-state index >= 15 is 0 Å². The monoisotopic (exact) mass is 756 g/mol. The molecule has 4 aromatic rings. The van der Waals surface area contributed by atoms with Gasteiger partial charge >= 0.3 is 0 Å². The SMILES string of the molecule is CC(C)Cc1cc2ccnc3c2c(n1)C(C)(C)c1c-3[c-]cc2ccccc12.CCC(CC)C(=O)/C=C(\O)C(CC)CC.[Ir]. The van der Waals surface area contributed by atoms with E-state index in [0.717, 1.165) is 49.1 Å². The molecule has 4 nitrogen and oxygen atoms in total. The Hall–Kier alpha value is -2.88. The van der Waals surface area contributed by atoms with Gasteiger partial charge in [0.05, 0.1) is 5.76 Å². The Kier molecular flexibility index (Phi) is 11.9. The van der Waals surface area contributed by atoms with Gasteiger partial charge in [-0.3, -0.25) is 9.78 Å². The first-order chi connectivity index (χ1) is 20.1. The summed E-state index contributed by atoms with van der Waals surface area (Å²) in [5.74, 6) is 1.13. The van der Waals surface area contributed by atoms with E-state index in [1.54, 1.807) is 0 Å². The summed E-state index contributed by atoms with van der Waals surface area (Å²) >= 11 is 0. The molecule has 0 amide bonds. The summed E-state index contributed by atoms with van der Waals surface area (Å²) in [6.07, 6.45) is 7.82. The van der Waals surface area contributed by atoms with E-state index in [9.17, 15) is 9.90 Å². The molecule has 0 bridgehead atoms. The van der Waals surface area contributed by atoms with E-state index in [2.05, 4.69) is 76.2 Å². The zero-order chi connectivity index (χ0) is 30.6. The molecule has 43 heavy (non-hydrogen) atoms. The topological polar surface area (TPSA) is 63.1 Å². The van der Waals surface area contributed by atoms with Gasteiger partial charge in [-0.25, -0.2) is 0 Å². The Balaban J connectivity index is 0.000000274. The van der Waals surface area contributed by atoms with Crippen molar-refractivity contribution >= 4 is 27.3 Å². The van der Waals surface area contributed by atoms with Crippen molar-refractivity contribution in [2.75, 3.05) is 0 Å². The van der Waals surface area contributed by atoms with Crippen LogP contribution in [-0.4, -0.2) is 20.9 Å². The normalized spacial score (nSPS) is 13.6. The van der Waals surface area contributed by atoms with Gasteiger partial charge in [-0.1, -0.05) is 90.4 Å². The number of carbonyl (C=O) groups excluding carboxylic acids is 1. The summed E-state index contributed by atoms with van der Waals surface area (Å²) in [4.78, 5) is 21.7. The Morgan fingerprint density at radius 3 is 2.26 bits per heavy atom. The smallest absolute Gasteiger partial charge is 0.162 e. The molecule has 0 unspecified atom stereocenters. The molecule has 0 atom stereocenters. The van der Waals surface area contributed by atoms with Crippen LogP contribution in [-0.2, 0) is 36.7 Å². The van der Waals surface area contributed by atoms with Crippen molar-refractivity contribution in [2.45, 2.75) is 92.9 Å². The molecule has 1 N–H and O–H groups in total. The second-order valence-electron chi connectivity index (χ2n) is 12.6. The van der Waals surface area contributed by atoms with E-state index in [-0.39, 0.29) is 48.9 Å². The molecule has 0 spiro atoms. The minimum absolute atomic E-state index is 0. The maximum absolute atomic E-state index is 11.7. The van der Waals surface area contributed by atoms with Crippen LogP contribution in [0.4, 0.5) is 0 Å². The van der Waals surface area contributed by atoms with Gasteiger partial charge in [-0.05, 0) is 72.0 Å². The van der Waals surface area contributed by atoms with Crippen LogP contribution in [0.5, 0.6) is 0 Å². The van der Waals surface area contributed by atoms with Gasteiger partial charge in [0.2, 0.25) is 0 Å². The first-order valence-electron chi connectivity index (χ1n) is 15.7. The van der Waals surface area contributed by atoms with E-state index in [1.807, 2.05) is 33.9 Å². The van der Waals surface area contributed by atoms with Gasteiger partial charge in [-0.2, -0.15) is 0 Å². The second kappa shape index (κ2) is 14.7. The average Bonchev–Trinajstić information content (AvgIpc) is 2.96. The Labute approximate surface area is 271 Å². The molecule has 5 heteroatoms. The number of aromatic nitrogens is 2. The maximum Gasteiger partial charge on any atom is 0.162 e. The Morgan fingerprint density at radius 1 is 0.977 bits per heavy atom. The summed E-state index contributed by atoms with van der Waals surface area (Å²) in [6.45, 7) is 17.2. The first kappa shape index (κ1) is 34.6. The zero-order valence-electron chi connectivity index (χ0n) is 27.0. The number of hydrogen-bond donors (Lipinski definition) is 1. The minimum atomic E-state index is -0.200. The van der Waals surface area contributed by atoms with Crippen molar-refractivity contribution < 1.29 is 30.0 Å². The third kappa shape index (κ3) is 7.10. The van der Waals surface area contributed by atoms with Crippen LogP contribution in [0.1, 0.15) is 98.0 Å². The number of ketones is 1. The Bertz CT molecular complexity index is 1600. The van der Waals surface area contributed by atoms with Crippen LogP contribution in [0, 0.1) is 23.8 Å². The summed E-state index contributed by atoms with van der Waals surface area (Å²) in [7, 11) is 0. The van der Waals surface area contributed by atoms with Crippen molar-refractivity contribution in [3.8, 4) is 11.3 Å². The number of carbonyl (C=O) groups is 1. The third-order valence-electron chi connectivity index (χ3n) is 8.80. The molecule has 0 saturated heterocycles. The molecular weight excluding hydrogens is 709 g/mol. The summed E-state index contributed by atoms with van der Waals surface area (Å²) < 4.78 is 0. The molecule has 5 rings (SSSR count). The second-order valence-corrected chi connectivity index (χ2v) is 12.6. The Morgan fingerprint density at radius 2 is 1.63 bits per heavy atom. The van der Waals surface area contributed by atoms with Crippen molar-refractivity contribution in [1.29, 1.82) is 0 Å². The zero-order valence-corrected chi connectivity index (χ0v) is 29.4. The van der Waals surface area contributed by atoms with Gasteiger partial charge in [0, 0.05) is 55.6 Å². The number of aliphatic hydroxyl groups excluding tert-OH is 1. The summed E-state index contributed by atoms with van der Waals surface area (Å²) in [5.41, 5.74) is 5.55. The van der Waals surface area contributed by atoms with Gasteiger partial charge < -0.3 is 10.1 Å². The molecular formula is C38H47IrN2O2-. The van der Waals surface area contributed by atoms with E-state index in [0.29, 0.717) is 5.92 Å². The molecule has 1 aliphatic carbocycles. The fourth-order valence-electron chi connectivity index (χ4n) is 6.36. The molecule has 2 heterocycles. The largest absolute Gasteiger partial charge is 0.512 e. The number of pyridine rings is 2. The first-order valence-corrected chi connectivity index (χ1v) is 15.7. The molecule has 2 aromatic carbocycles. The van der Waals surface area contributed by atoms with Gasteiger partial charge in [0.25, 0.3) is 0 Å². The molecule has 1 aliphatic rings. The molecule has 0 fully saturated rings. The standard InChI is InChI=1S/C25H23N2.C13H24O2.Ir/c1-15(2)13-18-14-17-11-12-26-23-20-10-9-16-7-5-6-8-19(16)22(20)25(3,4)24(27-18)21(17)23;1-5-10(6-2)12(14)9-13(15)11(7-3)8-4;/h5-9,11-12,14-15H,13H2,1-4H3;9-11,14H,5-8H2,1-4H3;/q-1;;/b;12-9-;. The minimum Gasteiger partial charge on any atom is -0.512 e. The molecule has 1 radical (unpaired) electrons. The van der Waals surface area contributed by atoms with Crippen LogP contribution in [0.25, 0.3) is 32.8 Å². The van der Waals surface area contributed by atoms with E-state index in [1.165, 1.54) is 38.9 Å². The fraction of sp³-hybridized carbons (Fsp3) is 0.447. The van der Waals surface area contributed by atoms with Gasteiger partial charge in [0.1, 0.15) is 0 Å². The van der Waals surface area contributed by atoms with Crippen LogP contribution < -0.4 is 0 Å². The number of benzene rings is 2. The molecule has 2 aromatic heterocycles. The van der Waals surface area contributed by atoms with E-state index in [4.69, 9.17) is 9.97 Å². The number of rotatable bonds is 9. The maximum atomic E-state index is 11.7. The number of hydrogen-bond acceptors (Lipinski definition) is 4. The number of aliphatic hydroxyl groups is 1. The number of nitrogens with zero attached hydrogens (tertiary/aromatic N) is 2. The molecule has 231 valence electrons. The van der Waals surface area contributed by atoms with Crippen LogP contribution in [0.2, 0.25) is 0 Å². The van der Waals surface area contributed by atoms with Crippen LogP contribution in [0.3, 0.4) is 0 Å². The predicted molar refractivity (Wildman–Crippen MR) is 176 cm³/mol. The fourth-order valence-corrected chi connectivity index (χ4v) is 6.36. The van der Waals surface area contributed by atoms with Gasteiger partial charge in [0.15, 0.2) is 5.78 Å². The third-order valence-corrected chi connectivity index (χ3v) is 8.80. The van der Waals surface area contributed by atoms with Gasteiger partial charge in [-0.15, -0.1) is 23.3 Å². The van der Waals surface area contributed by atoms with Crippen molar-refractivity contribution in [2.24, 2.45) is 17.8 Å². The molecule has 0 aliphatic heterocycles. The van der Waals surface area contributed by atoms with Crippen molar-refractivity contribution in [3.63, 3.8) is 0 Å². The predicted octanol–water partition coefficient (Wildman–Crippen LogP) is 9.96. The summed E-state index contributed by atoms with van der Waals surface area (Å²) in [5, 5.41) is 14.7. The van der Waals surface area contributed by atoms with Crippen LogP contribution >= 0.6 is 0 Å². The van der Waals surface area contributed by atoms with Crippen molar-refractivity contribution in [1.82, 2.24) is 9.97 Å². The van der Waals surface area contributed by atoms with Crippen molar-refractivity contribution in [3.05, 3.63) is 83.5 Å². The summed E-state index contributed by atoms with van der Waals surface area (Å²) in [6, 6.07) is 18.6. The quantitative estimate of drug-likeness (QED) is 0.105. The van der Waals surface area contributed by atoms with E-state index < -0.39 is 0 Å². The molecule has 0 saturated carbocycles. The average molecular weight is 756 g/mol. The number of allylic oxidation sites excluding steroid dienone is 2.